The highest BCUT2D eigenvalue weighted by Gasteiger charge is 2.09. The van der Waals surface area contributed by atoms with Gasteiger partial charge in [0.2, 0.25) is 0 Å². The third kappa shape index (κ3) is 7.59. The van der Waals surface area contributed by atoms with Crippen molar-refractivity contribution in [3.8, 4) is 11.5 Å². The number of nitrogens with zero attached hydrogens (tertiary/aromatic N) is 1. The smallest absolute Gasteiger partial charge is 0.125 e. The molecule has 23 heavy (non-hydrogen) atoms. The highest BCUT2D eigenvalue weighted by molar-refractivity contribution is 6.55. The van der Waals surface area contributed by atoms with Gasteiger partial charge in [0.1, 0.15) is 29.2 Å². The monoisotopic (exact) mass is 361 g/mol. The predicted octanol–water partition coefficient (Wildman–Crippen LogP) is 4.11. The number of halogens is 2. The van der Waals surface area contributed by atoms with Gasteiger partial charge in [-0.2, -0.15) is 0 Å². The van der Waals surface area contributed by atoms with Crippen molar-refractivity contribution in [3.63, 3.8) is 0 Å². The van der Waals surface area contributed by atoms with Crippen molar-refractivity contribution in [2.24, 2.45) is 5.16 Å². The van der Waals surface area contributed by atoms with Crippen molar-refractivity contribution in [2.75, 3.05) is 26.4 Å². The topological polar surface area (TPSA) is 60.3 Å². The first-order valence-electron chi connectivity index (χ1n) is 7.22. The van der Waals surface area contributed by atoms with Gasteiger partial charge in [-0.3, -0.25) is 0 Å². The molecule has 0 heterocycles. The quantitative estimate of drug-likeness (QED) is 0.295. The van der Waals surface area contributed by atoms with Gasteiger partial charge in [0, 0.05) is 0 Å². The minimum absolute atomic E-state index is 0.184. The van der Waals surface area contributed by atoms with E-state index in [2.05, 4.69) is 12.1 Å². The van der Waals surface area contributed by atoms with Crippen LogP contribution in [-0.2, 0) is 11.2 Å². The highest BCUT2D eigenvalue weighted by atomic mass is 35.5. The van der Waals surface area contributed by atoms with Crippen molar-refractivity contribution >= 4 is 29.4 Å². The van der Waals surface area contributed by atoms with Crippen LogP contribution in [0, 0.1) is 6.92 Å². The largest absolute Gasteiger partial charge is 0.491 e. The van der Waals surface area contributed by atoms with E-state index >= 15 is 0 Å². The summed E-state index contributed by atoms with van der Waals surface area (Å²) in [6.07, 6.45) is 3.68. The predicted molar refractivity (Wildman–Crippen MR) is 92.4 cm³/mol. The van der Waals surface area contributed by atoms with E-state index in [0.717, 1.165) is 29.0 Å². The molecule has 0 saturated carbocycles. The molecule has 0 fully saturated rings. The third-order valence-corrected chi connectivity index (χ3v) is 3.25. The van der Waals surface area contributed by atoms with Crippen LogP contribution in [-0.4, -0.2) is 37.8 Å². The normalized spacial score (nSPS) is 10.8. The van der Waals surface area contributed by atoms with Gasteiger partial charge in [-0.1, -0.05) is 35.3 Å². The molecule has 0 spiro atoms. The second kappa shape index (κ2) is 11.2. The summed E-state index contributed by atoms with van der Waals surface area (Å²) < 4.78 is 16.8. The lowest BCUT2D eigenvalue weighted by Crippen LogP contribution is -2.10. The van der Waals surface area contributed by atoms with E-state index in [4.69, 9.17) is 42.6 Å². The first-order chi connectivity index (χ1) is 11.1. The Morgan fingerprint density at radius 1 is 1.22 bits per heavy atom. The van der Waals surface area contributed by atoms with Crippen LogP contribution in [0.15, 0.2) is 27.9 Å². The molecule has 0 saturated heterocycles. The van der Waals surface area contributed by atoms with Gasteiger partial charge < -0.3 is 19.4 Å². The van der Waals surface area contributed by atoms with Crippen molar-refractivity contribution < 1.29 is 19.4 Å². The molecule has 0 atom stereocenters. The van der Waals surface area contributed by atoms with Gasteiger partial charge in [0.05, 0.1) is 19.4 Å². The summed E-state index contributed by atoms with van der Waals surface area (Å²) in [6.45, 7) is 5.40. The maximum atomic E-state index is 8.25. The molecular weight excluding hydrogens is 341 g/mol. The molecule has 7 heteroatoms. The molecule has 0 unspecified atom stereocenters. The lowest BCUT2D eigenvalue weighted by atomic mass is 10.1. The first kappa shape index (κ1) is 19.6. The molecule has 0 radical (unpaired) electrons. The Hall–Kier alpha value is -1.43. The number of oxime groups is 1. The van der Waals surface area contributed by atoms with Crippen LogP contribution in [0.25, 0.3) is 0 Å². The molecule has 0 amide bonds. The van der Waals surface area contributed by atoms with E-state index in [-0.39, 0.29) is 11.1 Å². The molecule has 0 aromatic heterocycles. The molecular formula is C16H21Cl2NO4. The van der Waals surface area contributed by atoms with E-state index in [0.29, 0.717) is 19.8 Å². The van der Waals surface area contributed by atoms with Gasteiger partial charge in [-0.15, -0.1) is 0 Å². The molecule has 1 rings (SSSR count). The minimum atomic E-state index is 0.184. The Balaban J connectivity index is 2.63. The Labute approximate surface area is 146 Å². The van der Waals surface area contributed by atoms with E-state index in [1.807, 2.05) is 19.1 Å². The number of aryl methyl sites for hydroxylation is 2. The summed E-state index contributed by atoms with van der Waals surface area (Å²) in [5.41, 5.74) is 2.04. The summed E-state index contributed by atoms with van der Waals surface area (Å²) in [6, 6.07) is 3.85. The molecule has 0 aliphatic heterocycles. The zero-order valence-electron chi connectivity index (χ0n) is 13.2. The van der Waals surface area contributed by atoms with Crippen LogP contribution < -0.4 is 9.47 Å². The average Bonchev–Trinajstić information content (AvgIpc) is 2.51. The van der Waals surface area contributed by atoms with E-state index in [9.17, 15) is 0 Å². The van der Waals surface area contributed by atoms with Crippen molar-refractivity contribution in [1.29, 1.82) is 0 Å². The standard InChI is InChI=1S/C16H21Cl2NO4/c1-3-13-11-14(22-6-4-15(17)18)10-12(2)16(13)23-9-8-21-7-5-19-20/h4-5,10-11,20H,3,6-9H2,1-2H3. The molecule has 0 aliphatic carbocycles. The van der Waals surface area contributed by atoms with Crippen LogP contribution in [0.2, 0.25) is 0 Å². The Morgan fingerprint density at radius 2 is 2.00 bits per heavy atom. The van der Waals surface area contributed by atoms with E-state index in [1.54, 1.807) is 6.08 Å². The summed E-state index contributed by atoms with van der Waals surface area (Å²) in [7, 11) is 0. The number of hydrogen-bond acceptors (Lipinski definition) is 5. The maximum Gasteiger partial charge on any atom is 0.125 e. The first-order valence-corrected chi connectivity index (χ1v) is 7.98. The summed E-state index contributed by atoms with van der Waals surface area (Å²) in [5.74, 6) is 1.58. The zero-order valence-corrected chi connectivity index (χ0v) is 14.7. The number of hydrogen-bond donors (Lipinski definition) is 1. The Bertz CT molecular complexity index is 543. The lowest BCUT2D eigenvalue weighted by molar-refractivity contribution is 0.127. The third-order valence-electron chi connectivity index (χ3n) is 2.94. The van der Waals surface area contributed by atoms with Crippen LogP contribution >= 0.6 is 23.2 Å². The summed E-state index contributed by atoms with van der Waals surface area (Å²) in [5, 5.41) is 11.1. The number of benzene rings is 1. The molecule has 0 aliphatic rings. The Morgan fingerprint density at radius 3 is 2.65 bits per heavy atom. The van der Waals surface area contributed by atoms with Gasteiger partial charge in [-0.25, -0.2) is 0 Å². The Kier molecular flexibility index (Phi) is 9.52. The maximum absolute atomic E-state index is 8.25. The second-order valence-corrected chi connectivity index (χ2v) is 5.62. The van der Waals surface area contributed by atoms with Gasteiger partial charge >= 0.3 is 0 Å². The van der Waals surface area contributed by atoms with E-state index in [1.165, 1.54) is 6.21 Å². The summed E-state index contributed by atoms with van der Waals surface area (Å²) >= 11 is 11.1. The number of rotatable bonds is 10. The van der Waals surface area contributed by atoms with Gasteiger partial charge in [0.15, 0.2) is 0 Å². The number of ether oxygens (including phenoxy) is 3. The average molecular weight is 362 g/mol. The van der Waals surface area contributed by atoms with E-state index < -0.39 is 0 Å². The van der Waals surface area contributed by atoms with Crippen LogP contribution in [0.4, 0.5) is 0 Å². The van der Waals surface area contributed by atoms with Crippen LogP contribution in [0.3, 0.4) is 0 Å². The molecule has 5 nitrogen and oxygen atoms in total. The van der Waals surface area contributed by atoms with Gasteiger partial charge in [0.25, 0.3) is 0 Å². The summed E-state index contributed by atoms with van der Waals surface area (Å²) in [4.78, 5) is 0. The fourth-order valence-electron chi connectivity index (χ4n) is 1.94. The second-order valence-electron chi connectivity index (χ2n) is 4.61. The van der Waals surface area contributed by atoms with Crippen molar-refractivity contribution in [3.05, 3.63) is 33.8 Å². The molecule has 1 aromatic rings. The SMILES string of the molecule is CCc1cc(OCC=C(Cl)Cl)cc(C)c1OCCOCC=NO. The van der Waals surface area contributed by atoms with Crippen molar-refractivity contribution in [2.45, 2.75) is 20.3 Å². The van der Waals surface area contributed by atoms with Gasteiger partial charge in [-0.05, 0) is 42.7 Å². The molecule has 1 aromatic carbocycles. The lowest BCUT2D eigenvalue weighted by Gasteiger charge is -2.15. The van der Waals surface area contributed by atoms with Crippen molar-refractivity contribution in [1.82, 2.24) is 0 Å². The molecule has 1 N–H and O–H groups in total. The molecule has 0 bridgehead atoms. The fraction of sp³-hybridized carbons (Fsp3) is 0.438. The minimum Gasteiger partial charge on any atom is -0.491 e. The fourth-order valence-corrected chi connectivity index (χ4v) is 2.06. The van der Waals surface area contributed by atoms with Crippen LogP contribution in [0.1, 0.15) is 18.1 Å². The highest BCUT2D eigenvalue weighted by Crippen LogP contribution is 2.29. The van der Waals surface area contributed by atoms with Crippen LogP contribution in [0.5, 0.6) is 11.5 Å². The molecule has 128 valence electrons. The zero-order chi connectivity index (χ0) is 17.1.